The second-order valence-corrected chi connectivity index (χ2v) is 3.68. The molecule has 15 heavy (non-hydrogen) atoms. The minimum absolute atomic E-state index is 0.0810. The molecule has 0 aliphatic carbocycles. The predicted octanol–water partition coefficient (Wildman–Crippen LogP) is 1.09. The molecule has 2 rings (SSSR count). The number of nitrogens with one attached hydrogen (secondary N) is 1. The van der Waals surface area contributed by atoms with E-state index in [0.717, 1.165) is 6.54 Å². The number of carbonyl (C=O) groups is 1. The lowest BCUT2D eigenvalue weighted by Gasteiger charge is -2.16. The van der Waals surface area contributed by atoms with Crippen LogP contribution in [0.4, 0.5) is 0 Å². The molecular formula is C11H15NO3. The second kappa shape index (κ2) is 4.59. The minimum Gasteiger partial charge on any atom is -0.472 e. The maximum Gasteiger partial charge on any atom is 0.173 e. The van der Waals surface area contributed by atoms with Crippen molar-refractivity contribution >= 4 is 5.78 Å². The number of Topliss-reactive ketones (excluding diaryl/α,β-unsaturated/α-hetero) is 1. The van der Waals surface area contributed by atoms with E-state index in [1.165, 1.54) is 12.5 Å². The van der Waals surface area contributed by atoms with Crippen molar-refractivity contribution < 1.29 is 13.9 Å². The maximum absolute atomic E-state index is 12.0. The highest BCUT2D eigenvalue weighted by molar-refractivity contribution is 5.98. The third-order valence-corrected chi connectivity index (χ3v) is 2.69. The van der Waals surface area contributed by atoms with Gasteiger partial charge in [0.15, 0.2) is 5.78 Å². The normalized spacial score (nSPS) is 25.7. The molecule has 0 amide bonds. The fourth-order valence-electron chi connectivity index (χ4n) is 1.89. The molecule has 0 saturated carbocycles. The molecule has 2 unspecified atom stereocenters. The largest absolute Gasteiger partial charge is 0.472 e. The van der Waals surface area contributed by atoms with Crippen molar-refractivity contribution in [2.75, 3.05) is 19.8 Å². The molecule has 0 spiro atoms. The maximum atomic E-state index is 12.0. The van der Waals surface area contributed by atoms with Crippen LogP contribution in [0.25, 0.3) is 0 Å². The van der Waals surface area contributed by atoms with Gasteiger partial charge in [-0.2, -0.15) is 0 Å². The summed E-state index contributed by atoms with van der Waals surface area (Å²) in [5.74, 6) is 0.0229. The quantitative estimate of drug-likeness (QED) is 0.754. The standard InChI is InChI=1S/C11H15NO3/c1-2-12-10-7-15-6-9(10)11(13)8-3-4-14-5-8/h3-5,9-10,12H,2,6-7H2,1H3. The third kappa shape index (κ3) is 2.11. The average molecular weight is 209 g/mol. The Balaban J connectivity index is 2.06. The van der Waals surface area contributed by atoms with E-state index in [1.807, 2.05) is 6.92 Å². The minimum atomic E-state index is -0.0810. The Labute approximate surface area is 88.6 Å². The smallest absolute Gasteiger partial charge is 0.173 e. The molecule has 2 atom stereocenters. The molecular weight excluding hydrogens is 194 g/mol. The first-order valence-corrected chi connectivity index (χ1v) is 5.20. The SMILES string of the molecule is CCNC1COCC1C(=O)c1ccoc1. The van der Waals surface area contributed by atoms with Gasteiger partial charge in [0.1, 0.15) is 6.26 Å². The van der Waals surface area contributed by atoms with E-state index in [2.05, 4.69) is 5.32 Å². The van der Waals surface area contributed by atoms with E-state index >= 15 is 0 Å². The average Bonchev–Trinajstić information content (AvgIpc) is 2.87. The monoisotopic (exact) mass is 209 g/mol. The Morgan fingerprint density at radius 2 is 2.47 bits per heavy atom. The van der Waals surface area contributed by atoms with Crippen molar-refractivity contribution in [3.63, 3.8) is 0 Å². The van der Waals surface area contributed by atoms with Gasteiger partial charge < -0.3 is 14.5 Å². The summed E-state index contributed by atoms with van der Waals surface area (Å²) in [7, 11) is 0. The van der Waals surface area contributed by atoms with Crippen LogP contribution >= 0.6 is 0 Å². The van der Waals surface area contributed by atoms with Crippen LogP contribution in [0.5, 0.6) is 0 Å². The zero-order valence-corrected chi connectivity index (χ0v) is 8.73. The fraction of sp³-hybridized carbons (Fsp3) is 0.545. The fourth-order valence-corrected chi connectivity index (χ4v) is 1.89. The number of carbonyl (C=O) groups excluding carboxylic acids is 1. The van der Waals surface area contributed by atoms with E-state index in [4.69, 9.17) is 9.15 Å². The highest BCUT2D eigenvalue weighted by atomic mass is 16.5. The Morgan fingerprint density at radius 1 is 1.60 bits per heavy atom. The van der Waals surface area contributed by atoms with Crippen LogP contribution in [0.3, 0.4) is 0 Å². The summed E-state index contributed by atoms with van der Waals surface area (Å²) < 4.78 is 10.2. The zero-order chi connectivity index (χ0) is 10.7. The van der Waals surface area contributed by atoms with Crippen LogP contribution in [0, 0.1) is 5.92 Å². The number of hydrogen-bond acceptors (Lipinski definition) is 4. The van der Waals surface area contributed by atoms with Crippen molar-refractivity contribution in [2.45, 2.75) is 13.0 Å². The second-order valence-electron chi connectivity index (χ2n) is 3.68. The number of likely N-dealkylation sites (N-methyl/N-ethyl adjacent to an activating group) is 1. The van der Waals surface area contributed by atoms with Gasteiger partial charge in [-0.1, -0.05) is 6.92 Å². The van der Waals surface area contributed by atoms with Gasteiger partial charge in [-0.3, -0.25) is 4.79 Å². The van der Waals surface area contributed by atoms with Crippen molar-refractivity contribution in [1.29, 1.82) is 0 Å². The van der Waals surface area contributed by atoms with Gasteiger partial charge in [0.25, 0.3) is 0 Å². The van der Waals surface area contributed by atoms with Crippen LogP contribution in [0.1, 0.15) is 17.3 Å². The van der Waals surface area contributed by atoms with Gasteiger partial charge in [-0.25, -0.2) is 0 Å². The topological polar surface area (TPSA) is 51.5 Å². The van der Waals surface area contributed by atoms with Gasteiger partial charge in [0.05, 0.1) is 31.0 Å². The van der Waals surface area contributed by atoms with Crippen LogP contribution in [0.15, 0.2) is 23.0 Å². The number of furan rings is 1. The Bertz CT molecular complexity index is 321. The van der Waals surface area contributed by atoms with Gasteiger partial charge in [-0.15, -0.1) is 0 Å². The molecule has 1 aromatic heterocycles. The number of ketones is 1. The molecule has 1 N–H and O–H groups in total. The van der Waals surface area contributed by atoms with Crippen LogP contribution in [-0.4, -0.2) is 31.6 Å². The van der Waals surface area contributed by atoms with Crippen molar-refractivity contribution in [3.8, 4) is 0 Å². The first-order chi connectivity index (χ1) is 7.33. The lowest BCUT2D eigenvalue weighted by atomic mass is 9.95. The molecule has 2 heterocycles. The van der Waals surface area contributed by atoms with E-state index in [9.17, 15) is 4.79 Å². The molecule has 1 fully saturated rings. The Morgan fingerprint density at radius 3 is 3.13 bits per heavy atom. The molecule has 1 aliphatic heterocycles. The summed E-state index contributed by atoms with van der Waals surface area (Å²) in [6.07, 6.45) is 3.01. The summed E-state index contributed by atoms with van der Waals surface area (Å²) in [5, 5.41) is 3.26. The number of ether oxygens (including phenoxy) is 1. The van der Waals surface area contributed by atoms with Gasteiger partial charge in [-0.05, 0) is 12.6 Å². The molecule has 4 nitrogen and oxygen atoms in total. The van der Waals surface area contributed by atoms with Gasteiger partial charge >= 0.3 is 0 Å². The predicted molar refractivity (Wildman–Crippen MR) is 54.8 cm³/mol. The van der Waals surface area contributed by atoms with Crippen LogP contribution in [-0.2, 0) is 4.74 Å². The summed E-state index contributed by atoms with van der Waals surface area (Å²) in [6.45, 7) is 3.99. The summed E-state index contributed by atoms with van der Waals surface area (Å²) >= 11 is 0. The summed E-state index contributed by atoms with van der Waals surface area (Å²) in [5.41, 5.74) is 0.633. The molecule has 4 heteroatoms. The summed E-state index contributed by atoms with van der Waals surface area (Å²) in [4.78, 5) is 12.0. The van der Waals surface area contributed by atoms with Gasteiger partial charge in [0.2, 0.25) is 0 Å². The Hall–Kier alpha value is -1.13. The molecule has 0 radical (unpaired) electrons. The van der Waals surface area contributed by atoms with Crippen molar-refractivity contribution in [2.24, 2.45) is 5.92 Å². The highest BCUT2D eigenvalue weighted by Gasteiger charge is 2.34. The molecule has 82 valence electrons. The third-order valence-electron chi connectivity index (χ3n) is 2.69. The number of rotatable bonds is 4. The lowest BCUT2D eigenvalue weighted by molar-refractivity contribution is 0.0891. The summed E-state index contributed by atoms with van der Waals surface area (Å²) in [6, 6.07) is 1.83. The van der Waals surface area contributed by atoms with Crippen molar-refractivity contribution in [3.05, 3.63) is 24.2 Å². The van der Waals surface area contributed by atoms with Crippen LogP contribution in [0.2, 0.25) is 0 Å². The number of hydrogen-bond donors (Lipinski definition) is 1. The first-order valence-electron chi connectivity index (χ1n) is 5.20. The Kier molecular flexibility index (Phi) is 3.18. The zero-order valence-electron chi connectivity index (χ0n) is 8.73. The molecule has 0 aromatic carbocycles. The first kappa shape index (κ1) is 10.4. The van der Waals surface area contributed by atoms with E-state index < -0.39 is 0 Å². The molecule has 0 bridgehead atoms. The van der Waals surface area contributed by atoms with Crippen molar-refractivity contribution in [1.82, 2.24) is 5.32 Å². The van der Waals surface area contributed by atoms with Crippen LogP contribution < -0.4 is 5.32 Å². The van der Waals surface area contributed by atoms with Gasteiger partial charge in [0, 0.05) is 6.04 Å². The highest BCUT2D eigenvalue weighted by Crippen LogP contribution is 2.19. The molecule has 1 aromatic rings. The van der Waals surface area contributed by atoms with E-state index in [0.29, 0.717) is 18.8 Å². The van der Waals surface area contributed by atoms with E-state index in [1.54, 1.807) is 6.07 Å². The van der Waals surface area contributed by atoms with E-state index in [-0.39, 0.29) is 17.7 Å². The lowest BCUT2D eigenvalue weighted by Crippen LogP contribution is -2.39. The molecule has 1 aliphatic rings. The molecule has 1 saturated heterocycles.